The van der Waals surface area contributed by atoms with Crippen LogP contribution in [0.4, 0.5) is 0 Å². The number of carbonyl (C=O) groups is 4. The summed E-state index contributed by atoms with van der Waals surface area (Å²) in [6.07, 6.45) is -0.415. The summed E-state index contributed by atoms with van der Waals surface area (Å²) in [6, 6.07) is 0. The van der Waals surface area contributed by atoms with Crippen molar-refractivity contribution in [3.63, 3.8) is 0 Å². The third-order valence-corrected chi connectivity index (χ3v) is 2.47. The van der Waals surface area contributed by atoms with Gasteiger partial charge in [-0.2, -0.15) is 0 Å². The second-order valence-electron chi connectivity index (χ2n) is 4.26. The lowest BCUT2D eigenvalue weighted by atomic mass is 10.2. The molecule has 0 aromatic heterocycles. The number of ether oxygens (including phenoxy) is 2. The fourth-order valence-corrected chi connectivity index (χ4v) is 1.14. The molecule has 0 aliphatic heterocycles. The molecule has 0 aliphatic carbocycles. The van der Waals surface area contributed by atoms with Gasteiger partial charge in [0.15, 0.2) is 0 Å². The molecular formula is C14H18O8. The van der Waals surface area contributed by atoms with E-state index in [1.54, 1.807) is 0 Å². The Hall–Kier alpha value is -2.64. The second-order valence-corrected chi connectivity index (χ2v) is 4.26. The van der Waals surface area contributed by atoms with E-state index in [-0.39, 0.29) is 50.0 Å². The number of aliphatic carboxylic acids is 2. The molecule has 0 aromatic carbocycles. The summed E-state index contributed by atoms with van der Waals surface area (Å²) in [6.45, 7) is 6.29. The van der Waals surface area contributed by atoms with Crippen LogP contribution in [0.25, 0.3) is 0 Å². The Morgan fingerprint density at radius 2 is 1.00 bits per heavy atom. The highest BCUT2D eigenvalue weighted by molar-refractivity contribution is 5.86. The number of carboxylic acid groups (broad SMARTS) is 2. The average Bonchev–Trinajstić information content (AvgIpc) is 2.44. The van der Waals surface area contributed by atoms with Gasteiger partial charge in [-0.3, -0.25) is 9.59 Å². The van der Waals surface area contributed by atoms with Crippen LogP contribution in [-0.4, -0.2) is 47.3 Å². The van der Waals surface area contributed by atoms with Crippen molar-refractivity contribution in [2.24, 2.45) is 0 Å². The molecule has 0 heterocycles. The van der Waals surface area contributed by atoms with E-state index in [1.165, 1.54) is 0 Å². The zero-order valence-electron chi connectivity index (χ0n) is 12.0. The van der Waals surface area contributed by atoms with Crippen molar-refractivity contribution in [1.29, 1.82) is 0 Å². The Balaban J connectivity index is 3.75. The standard InChI is InChI=1S/C14H18O8/c1-9(13(17)18)5-7-21-11(15)3-4-12(16)22-8-6-10(2)14(19)20/h1-8H2,(H,17,18)(H,19,20). The normalized spacial score (nSPS) is 9.64. The molecule has 8 nitrogen and oxygen atoms in total. The number of rotatable bonds is 11. The minimum Gasteiger partial charge on any atom is -0.478 e. The van der Waals surface area contributed by atoms with Gasteiger partial charge in [-0.25, -0.2) is 9.59 Å². The molecule has 8 heteroatoms. The number of carbonyl (C=O) groups excluding carboxylic acids is 2. The monoisotopic (exact) mass is 314 g/mol. The van der Waals surface area contributed by atoms with Crippen LogP contribution in [0.3, 0.4) is 0 Å². The Labute approximate surface area is 127 Å². The predicted molar refractivity (Wildman–Crippen MR) is 73.9 cm³/mol. The average molecular weight is 314 g/mol. The van der Waals surface area contributed by atoms with Crippen molar-refractivity contribution in [1.82, 2.24) is 0 Å². The van der Waals surface area contributed by atoms with Gasteiger partial charge in [-0.05, 0) is 0 Å². The molecule has 0 amide bonds. The first-order chi connectivity index (χ1) is 10.2. The maximum Gasteiger partial charge on any atom is 0.331 e. The van der Waals surface area contributed by atoms with Crippen LogP contribution >= 0.6 is 0 Å². The minimum absolute atomic E-state index is 0.00280. The number of hydrogen-bond acceptors (Lipinski definition) is 6. The van der Waals surface area contributed by atoms with Gasteiger partial charge in [0.2, 0.25) is 0 Å². The molecule has 2 N–H and O–H groups in total. The van der Waals surface area contributed by atoms with E-state index in [4.69, 9.17) is 19.7 Å². The smallest absolute Gasteiger partial charge is 0.331 e. The van der Waals surface area contributed by atoms with Crippen LogP contribution in [0.15, 0.2) is 24.3 Å². The summed E-state index contributed by atoms with van der Waals surface area (Å²) in [4.78, 5) is 43.4. The SMILES string of the molecule is C=C(CCOC(=O)CCC(=O)OCCC(=C)C(=O)O)C(=O)O. The maximum atomic E-state index is 11.3. The van der Waals surface area contributed by atoms with Gasteiger partial charge < -0.3 is 19.7 Å². The van der Waals surface area contributed by atoms with Crippen molar-refractivity contribution in [3.05, 3.63) is 24.3 Å². The molecule has 0 unspecified atom stereocenters. The van der Waals surface area contributed by atoms with E-state index in [0.717, 1.165) is 0 Å². The Bertz CT molecular complexity index is 433. The third-order valence-electron chi connectivity index (χ3n) is 2.47. The minimum atomic E-state index is -1.16. The lowest BCUT2D eigenvalue weighted by Crippen LogP contribution is -2.13. The highest BCUT2D eigenvalue weighted by atomic mass is 16.5. The molecular weight excluding hydrogens is 296 g/mol. The van der Waals surface area contributed by atoms with Crippen LogP contribution in [0.2, 0.25) is 0 Å². The molecule has 0 saturated carbocycles. The summed E-state index contributed by atoms with van der Waals surface area (Å²) >= 11 is 0. The Kier molecular flexibility index (Phi) is 8.92. The molecule has 0 atom stereocenters. The van der Waals surface area contributed by atoms with Gasteiger partial charge in [0.1, 0.15) is 0 Å². The molecule has 0 bridgehead atoms. The topological polar surface area (TPSA) is 127 Å². The van der Waals surface area contributed by atoms with E-state index in [2.05, 4.69) is 13.2 Å². The summed E-state index contributed by atoms with van der Waals surface area (Å²) in [5.74, 6) is -3.65. The van der Waals surface area contributed by atoms with Crippen molar-refractivity contribution in [2.45, 2.75) is 25.7 Å². The van der Waals surface area contributed by atoms with Gasteiger partial charge in [0, 0.05) is 24.0 Å². The van der Waals surface area contributed by atoms with Crippen LogP contribution < -0.4 is 0 Å². The van der Waals surface area contributed by atoms with Crippen LogP contribution in [0, 0.1) is 0 Å². The van der Waals surface area contributed by atoms with Gasteiger partial charge >= 0.3 is 23.9 Å². The van der Waals surface area contributed by atoms with Crippen molar-refractivity contribution in [2.75, 3.05) is 13.2 Å². The highest BCUT2D eigenvalue weighted by Gasteiger charge is 2.11. The summed E-state index contributed by atoms with van der Waals surface area (Å²) < 4.78 is 9.45. The molecule has 0 spiro atoms. The summed E-state index contributed by atoms with van der Waals surface area (Å²) in [7, 11) is 0. The number of esters is 2. The molecule has 0 rings (SSSR count). The van der Waals surface area contributed by atoms with Crippen LogP contribution in [0.1, 0.15) is 25.7 Å². The predicted octanol–water partition coefficient (Wildman–Crippen LogP) is 0.915. The van der Waals surface area contributed by atoms with Gasteiger partial charge in [0.05, 0.1) is 26.1 Å². The van der Waals surface area contributed by atoms with Crippen molar-refractivity contribution < 1.29 is 38.9 Å². The zero-order valence-corrected chi connectivity index (χ0v) is 12.0. The first kappa shape index (κ1) is 19.4. The largest absolute Gasteiger partial charge is 0.478 e. The summed E-state index contributed by atoms with van der Waals surface area (Å²) in [5.41, 5.74) is -0.156. The fourth-order valence-electron chi connectivity index (χ4n) is 1.14. The van der Waals surface area contributed by atoms with E-state index in [1.807, 2.05) is 0 Å². The van der Waals surface area contributed by atoms with Crippen molar-refractivity contribution in [3.8, 4) is 0 Å². The molecule has 0 aliphatic rings. The quantitative estimate of drug-likeness (QED) is 0.425. The molecule has 0 radical (unpaired) electrons. The first-order valence-electron chi connectivity index (χ1n) is 6.37. The van der Waals surface area contributed by atoms with E-state index < -0.39 is 23.9 Å². The van der Waals surface area contributed by atoms with E-state index >= 15 is 0 Å². The molecule has 0 aromatic rings. The Morgan fingerprint density at radius 3 is 1.27 bits per heavy atom. The van der Waals surface area contributed by atoms with Crippen LogP contribution in [0.5, 0.6) is 0 Å². The molecule has 0 fully saturated rings. The lowest BCUT2D eigenvalue weighted by Gasteiger charge is -2.06. The van der Waals surface area contributed by atoms with E-state index in [9.17, 15) is 19.2 Å². The number of hydrogen-bond donors (Lipinski definition) is 2. The second kappa shape index (κ2) is 10.1. The third kappa shape index (κ3) is 9.29. The lowest BCUT2D eigenvalue weighted by molar-refractivity contribution is -0.150. The maximum absolute atomic E-state index is 11.3. The van der Waals surface area contributed by atoms with E-state index in [0.29, 0.717) is 0 Å². The van der Waals surface area contributed by atoms with Gasteiger partial charge in [-0.1, -0.05) is 13.2 Å². The Morgan fingerprint density at radius 1 is 0.682 bits per heavy atom. The fraction of sp³-hybridized carbons (Fsp3) is 0.429. The van der Waals surface area contributed by atoms with Gasteiger partial charge in [0.25, 0.3) is 0 Å². The number of carboxylic acids is 2. The summed E-state index contributed by atoms with van der Waals surface area (Å²) in [5, 5.41) is 17.1. The molecule has 0 saturated heterocycles. The van der Waals surface area contributed by atoms with Gasteiger partial charge in [-0.15, -0.1) is 0 Å². The zero-order chi connectivity index (χ0) is 17.1. The van der Waals surface area contributed by atoms with Crippen LogP contribution in [-0.2, 0) is 28.7 Å². The van der Waals surface area contributed by atoms with Crippen molar-refractivity contribution >= 4 is 23.9 Å². The molecule has 22 heavy (non-hydrogen) atoms. The first-order valence-corrected chi connectivity index (χ1v) is 6.37. The molecule has 122 valence electrons. The highest BCUT2D eigenvalue weighted by Crippen LogP contribution is 2.03.